The monoisotopic (exact) mass is 253 g/mol. The van der Waals surface area contributed by atoms with E-state index >= 15 is 0 Å². The lowest BCUT2D eigenvalue weighted by atomic mass is 10.1. The van der Waals surface area contributed by atoms with Crippen LogP contribution in [0.15, 0.2) is 10.8 Å². The molecule has 0 aromatic carbocycles. The van der Waals surface area contributed by atoms with Crippen molar-refractivity contribution in [3.63, 3.8) is 0 Å². The number of hydrogen-bond donors (Lipinski definition) is 2. The highest BCUT2D eigenvalue weighted by atomic mass is 16.5. The van der Waals surface area contributed by atoms with E-state index in [4.69, 9.17) is 9.15 Å². The number of oxazole rings is 1. The molecule has 2 N–H and O–H groups in total. The molecule has 2 rings (SSSR count). The number of rotatable bonds is 4. The Labute approximate surface area is 106 Å². The maximum absolute atomic E-state index is 12.0. The fourth-order valence-corrected chi connectivity index (χ4v) is 1.88. The van der Waals surface area contributed by atoms with E-state index in [9.17, 15) is 4.79 Å². The minimum Gasteiger partial charge on any atom is -0.447 e. The van der Waals surface area contributed by atoms with Crippen molar-refractivity contribution in [2.75, 3.05) is 26.2 Å². The zero-order chi connectivity index (χ0) is 13.0. The van der Waals surface area contributed by atoms with Gasteiger partial charge >= 0.3 is 0 Å². The SMILES string of the molecule is CC(C)c1ocnc1C(=O)NC[C@H]1CNCCO1. The molecule has 6 nitrogen and oxygen atoms in total. The van der Waals surface area contributed by atoms with Gasteiger partial charge in [-0.2, -0.15) is 0 Å². The van der Waals surface area contributed by atoms with Gasteiger partial charge in [-0.15, -0.1) is 0 Å². The van der Waals surface area contributed by atoms with E-state index in [-0.39, 0.29) is 17.9 Å². The van der Waals surface area contributed by atoms with Crippen molar-refractivity contribution in [2.24, 2.45) is 0 Å². The summed E-state index contributed by atoms with van der Waals surface area (Å²) < 4.78 is 10.7. The van der Waals surface area contributed by atoms with Crippen LogP contribution in [-0.2, 0) is 4.74 Å². The van der Waals surface area contributed by atoms with Gasteiger partial charge in [-0.25, -0.2) is 4.98 Å². The molecule has 1 fully saturated rings. The van der Waals surface area contributed by atoms with Gasteiger partial charge in [0, 0.05) is 25.6 Å². The maximum atomic E-state index is 12.0. The molecule has 0 spiro atoms. The summed E-state index contributed by atoms with van der Waals surface area (Å²) in [6, 6.07) is 0. The van der Waals surface area contributed by atoms with Crippen LogP contribution in [0.25, 0.3) is 0 Å². The largest absolute Gasteiger partial charge is 0.447 e. The van der Waals surface area contributed by atoms with Gasteiger partial charge in [-0.1, -0.05) is 13.8 Å². The summed E-state index contributed by atoms with van der Waals surface area (Å²) in [4.78, 5) is 15.9. The molecule has 1 saturated heterocycles. The zero-order valence-electron chi connectivity index (χ0n) is 10.7. The van der Waals surface area contributed by atoms with E-state index in [0.29, 0.717) is 24.6 Å². The minimum atomic E-state index is -0.207. The quantitative estimate of drug-likeness (QED) is 0.818. The third-order valence-electron chi connectivity index (χ3n) is 2.83. The molecule has 1 aliphatic heterocycles. The Bertz CT molecular complexity index is 397. The van der Waals surface area contributed by atoms with Gasteiger partial charge in [0.25, 0.3) is 5.91 Å². The lowest BCUT2D eigenvalue weighted by molar-refractivity contribution is 0.0286. The van der Waals surface area contributed by atoms with Gasteiger partial charge in [-0.3, -0.25) is 4.79 Å². The summed E-state index contributed by atoms with van der Waals surface area (Å²) in [5.74, 6) is 0.553. The van der Waals surface area contributed by atoms with Crippen LogP contribution in [0.5, 0.6) is 0 Å². The van der Waals surface area contributed by atoms with E-state index in [2.05, 4.69) is 15.6 Å². The molecule has 0 radical (unpaired) electrons. The lowest BCUT2D eigenvalue weighted by Gasteiger charge is -2.23. The van der Waals surface area contributed by atoms with Crippen LogP contribution in [0.3, 0.4) is 0 Å². The van der Waals surface area contributed by atoms with E-state index in [1.165, 1.54) is 6.39 Å². The first kappa shape index (κ1) is 13.0. The molecule has 18 heavy (non-hydrogen) atoms. The summed E-state index contributed by atoms with van der Waals surface area (Å²) in [6.07, 6.45) is 1.33. The second-order valence-electron chi connectivity index (χ2n) is 4.63. The Morgan fingerprint density at radius 3 is 3.17 bits per heavy atom. The molecular weight excluding hydrogens is 234 g/mol. The Kier molecular flexibility index (Phi) is 4.33. The topological polar surface area (TPSA) is 76.4 Å². The first-order chi connectivity index (χ1) is 8.68. The van der Waals surface area contributed by atoms with Crippen molar-refractivity contribution in [1.29, 1.82) is 0 Å². The molecular formula is C12H19N3O3. The molecule has 1 aromatic rings. The maximum Gasteiger partial charge on any atom is 0.273 e. The van der Waals surface area contributed by atoms with E-state index in [0.717, 1.165) is 13.1 Å². The fourth-order valence-electron chi connectivity index (χ4n) is 1.88. The molecule has 0 saturated carbocycles. The number of carbonyl (C=O) groups excluding carboxylic acids is 1. The molecule has 0 aliphatic carbocycles. The first-order valence-electron chi connectivity index (χ1n) is 6.22. The van der Waals surface area contributed by atoms with Crippen molar-refractivity contribution in [3.05, 3.63) is 17.8 Å². The molecule has 100 valence electrons. The number of amides is 1. The molecule has 1 aromatic heterocycles. The number of ether oxygens (including phenoxy) is 1. The average molecular weight is 253 g/mol. The third kappa shape index (κ3) is 3.08. The lowest BCUT2D eigenvalue weighted by Crippen LogP contribution is -2.45. The highest BCUT2D eigenvalue weighted by molar-refractivity contribution is 5.93. The number of aromatic nitrogens is 1. The second-order valence-corrected chi connectivity index (χ2v) is 4.63. The summed E-state index contributed by atoms with van der Waals surface area (Å²) in [5.41, 5.74) is 0.369. The van der Waals surface area contributed by atoms with Crippen LogP contribution in [0, 0.1) is 0 Å². The summed E-state index contributed by atoms with van der Waals surface area (Å²) in [7, 11) is 0. The number of nitrogens with zero attached hydrogens (tertiary/aromatic N) is 1. The number of nitrogens with one attached hydrogen (secondary N) is 2. The van der Waals surface area contributed by atoms with Gasteiger partial charge in [0.2, 0.25) is 0 Å². The van der Waals surface area contributed by atoms with Crippen molar-refractivity contribution in [3.8, 4) is 0 Å². The van der Waals surface area contributed by atoms with E-state index in [1.807, 2.05) is 13.8 Å². The predicted molar refractivity (Wildman–Crippen MR) is 65.5 cm³/mol. The number of morpholine rings is 1. The highest BCUT2D eigenvalue weighted by Gasteiger charge is 2.20. The molecule has 0 unspecified atom stereocenters. The van der Waals surface area contributed by atoms with Crippen LogP contribution in [0.4, 0.5) is 0 Å². The molecule has 0 bridgehead atoms. The Morgan fingerprint density at radius 1 is 1.67 bits per heavy atom. The van der Waals surface area contributed by atoms with Gasteiger partial charge in [0.15, 0.2) is 12.1 Å². The molecule has 6 heteroatoms. The summed E-state index contributed by atoms with van der Waals surface area (Å²) in [5, 5.41) is 6.04. The summed E-state index contributed by atoms with van der Waals surface area (Å²) >= 11 is 0. The van der Waals surface area contributed by atoms with Gasteiger partial charge in [0.05, 0.1) is 12.7 Å². The number of carbonyl (C=O) groups is 1. The molecule has 1 amide bonds. The fraction of sp³-hybridized carbons (Fsp3) is 0.667. The van der Waals surface area contributed by atoms with Crippen LogP contribution in [0.1, 0.15) is 36.0 Å². The smallest absolute Gasteiger partial charge is 0.273 e. The van der Waals surface area contributed by atoms with Crippen molar-refractivity contribution >= 4 is 5.91 Å². The van der Waals surface area contributed by atoms with Crippen molar-refractivity contribution < 1.29 is 13.9 Å². The van der Waals surface area contributed by atoms with Crippen molar-refractivity contribution in [2.45, 2.75) is 25.9 Å². The van der Waals surface area contributed by atoms with Gasteiger partial charge in [-0.05, 0) is 0 Å². The third-order valence-corrected chi connectivity index (χ3v) is 2.83. The standard InChI is InChI=1S/C12H19N3O3/c1-8(2)11-10(15-7-18-11)12(16)14-6-9-5-13-3-4-17-9/h7-9,13H,3-6H2,1-2H3,(H,14,16)/t9-/m1/s1. The van der Waals surface area contributed by atoms with E-state index < -0.39 is 0 Å². The summed E-state index contributed by atoms with van der Waals surface area (Å²) in [6.45, 7) is 6.72. The average Bonchev–Trinajstić information content (AvgIpc) is 2.86. The van der Waals surface area contributed by atoms with Crippen LogP contribution < -0.4 is 10.6 Å². The van der Waals surface area contributed by atoms with Gasteiger partial charge < -0.3 is 19.8 Å². The van der Waals surface area contributed by atoms with Crippen LogP contribution in [-0.4, -0.2) is 43.2 Å². The number of hydrogen-bond acceptors (Lipinski definition) is 5. The minimum absolute atomic E-state index is 0.0251. The molecule has 1 aliphatic rings. The highest BCUT2D eigenvalue weighted by Crippen LogP contribution is 2.17. The van der Waals surface area contributed by atoms with Crippen LogP contribution >= 0.6 is 0 Å². The Balaban J connectivity index is 1.89. The predicted octanol–water partition coefficient (Wildman–Crippen LogP) is 0.516. The van der Waals surface area contributed by atoms with Crippen molar-refractivity contribution in [1.82, 2.24) is 15.6 Å². The molecule has 1 atom stereocenters. The zero-order valence-corrected chi connectivity index (χ0v) is 10.7. The first-order valence-corrected chi connectivity index (χ1v) is 6.22. The Hall–Kier alpha value is -1.40. The van der Waals surface area contributed by atoms with E-state index in [1.54, 1.807) is 0 Å². The Morgan fingerprint density at radius 2 is 2.50 bits per heavy atom. The second kappa shape index (κ2) is 5.97. The van der Waals surface area contributed by atoms with Gasteiger partial charge in [0.1, 0.15) is 5.76 Å². The van der Waals surface area contributed by atoms with Crippen LogP contribution in [0.2, 0.25) is 0 Å². The normalized spacial score (nSPS) is 20.1. The molecule has 2 heterocycles.